The largest absolute Gasteiger partial charge is 0.469 e. The lowest BCUT2D eigenvalue weighted by Crippen LogP contribution is -2.16. The number of rotatable bonds is 11. The molecule has 2 unspecified atom stereocenters. The highest BCUT2D eigenvalue weighted by molar-refractivity contribution is 5.83. The summed E-state index contributed by atoms with van der Waals surface area (Å²) in [6.07, 6.45) is 11.3. The summed E-state index contributed by atoms with van der Waals surface area (Å²) in [7, 11) is 1.40. The molecule has 24 heavy (non-hydrogen) atoms. The minimum absolute atomic E-state index is 0.0455. The number of unbranched alkanes of at least 4 members (excludes halogenated alkanes) is 2. The molecule has 1 rings (SSSR count). The predicted molar refractivity (Wildman–Crippen MR) is 95.5 cm³/mol. The van der Waals surface area contributed by atoms with E-state index in [4.69, 9.17) is 4.74 Å². The molecule has 1 aliphatic carbocycles. The van der Waals surface area contributed by atoms with Gasteiger partial charge in [-0.3, -0.25) is 9.59 Å². The van der Waals surface area contributed by atoms with Gasteiger partial charge in [-0.05, 0) is 37.5 Å². The van der Waals surface area contributed by atoms with Crippen LogP contribution in [-0.2, 0) is 14.3 Å². The molecule has 138 valence electrons. The fraction of sp³-hybridized carbons (Fsp3) is 0.800. The quantitative estimate of drug-likeness (QED) is 0.350. The zero-order valence-electron chi connectivity index (χ0n) is 15.5. The Balaban J connectivity index is 2.43. The third-order valence-corrected chi connectivity index (χ3v) is 5.05. The first-order valence-corrected chi connectivity index (χ1v) is 9.43. The zero-order valence-corrected chi connectivity index (χ0v) is 15.5. The van der Waals surface area contributed by atoms with Crippen molar-refractivity contribution in [2.75, 3.05) is 7.11 Å². The van der Waals surface area contributed by atoms with Gasteiger partial charge in [-0.2, -0.15) is 0 Å². The van der Waals surface area contributed by atoms with Crippen LogP contribution in [0.15, 0.2) is 12.2 Å². The van der Waals surface area contributed by atoms with E-state index in [1.54, 1.807) is 0 Å². The van der Waals surface area contributed by atoms with Crippen LogP contribution in [-0.4, -0.2) is 30.1 Å². The molecule has 1 saturated carbocycles. The molecule has 1 fully saturated rings. The van der Waals surface area contributed by atoms with Crippen molar-refractivity contribution >= 4 is 11.8 Å². The van der Waals surface area contributed by atoms with Crippen molar-refractivity contribution in [3.8, 4) is 0 Å². The fourth-order valence-electron chi connectivity index (χ4n) is 3.44. The van der Waals surface area contributed by atoms with Gasteiger partial charge in [-0.1, -0.05) is 45.3 Å². The lowest BCUT2D eigenvalue weighted by atomic mass is 9.87. The van der Waals surface area contributed by atoms with Crippen LogP contribution < -0.4 is 0 Å². The number of carbonyl (C=O) groups is 2. The van der Waals surface area contributed by atoms with Crippen molar-refractivity contribution < 1.29 is 19.4 Å². The molecule has 4 nitrogen and oxygen atoms in total. The number of Topliss-reactive ketones (excluding diaryl/α,β-unsaturated/α-hetero) is 1. The van der Waals surface area contributed by atoms with E-state index in [1.807, 2.05) is 13.0 Å². The smallest absolute Gasteiger partial charge is 0.305 e. The Morgan fingerprint density at radius 2 is 2.12 bits per heavy atom. The van der Waals surface area contributed by atoms with Gasteiger partial charge in [-0.25, -0.2) is 0 Å². The molecule has 0 heterocycles. The molecule has 0 aromatic rings. The molecule has 1 aliphatic rings. The Morgan fingerprint density at radius 1 is 1.38 bits per heavy atom. The summed E-state index contributed by atoms with van der Waals surface area (Å²) in [6.45, 7) is 4.18. The summed E-state index contributed by atoms with van der Waals surface area (Å²) < 4.78 is 4.70. The average Bonchev–Trinajstić information content (AvgIpc) is 2.91. The number of hydrogen-bond acceptors (Lipinski definition) is 4. The number of aliphatic hydroxyl groups is 1. The molecule has 0 radical (unpaired) electrons. The summed E-state index contributed by atoms with van der Waals surface area (Å²) in [6, 6.07) is 0. The third kappa shape index (κ3) is 7.61. The Kier molecular flexibility index (Phi) is 9.92. The van der Waals surface area contributed by atoms with Gasteiger partial charge in [0.05, 0.1) is 13.2 Å². The molecule has 0 amide bonds. The van der Waals surface area contributed by atoms with Gasteiger partial charge in [-0.15, -0.1) is 0 Å². The average molecular weight is 338 g/mol. The van der Waals surface area contributed by atoms with Crippen LogP contribution in [0.25, 0.3) is 0 Å². The van der Waals surface area contributed by atoms with Crippen LogP contribution in [0.1, 0.15) is 71.6 Å². The number of aliphatic hydroxyl groups excluding tert-OH is 1. The first kappa shape index (κ1) is 20.9. The van der Waals surface area contributed by atoms with Crippen molar-refractivity contribution in [1.29, 1.82) is 0 Å². The minimum Gasteiger partial charge on any atom is -0.469 e. The summed E-state index contributed by atoms with van der Waals surface area (Å²) in [5.41, 5.74) is 0. The molecule has 0 bridgehead atoms. The van der Waals surface area contributed by atoms with E-state index in [0.29, 0.717) is 18.6 Å². The maximum atomic E-state index is 12.1. The number of methoxy groups -OCH3 is 1. The Morgan fingerprint density at radius 3 is 2.79 bits per heavy atom. The van der Waals surface area contributed by atoms with Gasteiger partial charge in [0.1, 0.15) is 5.78 Å². The molecule has 0 aromatic heterocycles. The summed E-state index contributed by atoms with van der Waals surface area (Å²) in [4.78, 5) is 23.4. The molecule has 0 spiro atoms. The molecule has 0 aromatic carbocycles. The van der Waals surface area contributed by atoms with Gasteiger partial charge in [0.15, 0.2) is 0 Å². The highest BCUT2D eigenvalue weighted by atomic mass is 16.5. The Hall–Kier alpha value is -1.16. The first-order chi connectivity index (χ1) is 11.5. The normalized spacial score (nSPS) is 23.6. The van der Waals surface area contributed by atoms with Crippen LogP contribution in [0.3, 0.4) is 0 Å². The number of hydrogen-bond donors (Lipinski definition) is 1. The first-order valence-electron chi connectivity index (χ1n) is 9.43. The highest BCUT2D eigenvalue weighted by Gasteiger charge is 2.32. The van der Waals surface area contributed by atoms with E-state index in [9.17, 15) is 14.7 Å². The summed E-state index contributed by atoms with van der Waals surface area (Å²) >= 11 is 0. The van der Waals surface area contributed by atoms with Crippen LogP contribution in [0.2, 0.25) is 0 Å². The van der Waals surface area contributed by atoms with Gasteiger partial charge >= 0.3 is 5.97 Å². The molecule has 4 atom stereocenters. The van der Waals surface area contributed by atoms with Crippen molar-refractivity contribution in [2.24, 2.45) is 17.8 Å². The monoisotopic (exact) mass is 338 g/mol. The van der Waals surface area contributed by atoms with Gasteiger partial charge < -0.3 is 9.84 Å². The van der Waals surface area contributed by atoms with Crippen LogP contribution in [0, 0.1) is 17.8 Å². The third-order valence-electron chi connectivity index (χ3n) is 5.05. The van der Waals surface area contributed by atoms with Gasteiger partial charge in [0, 0.05) is 18.8 Å². The zero-order chi connectivity index (χ0) is 17.9. The molecule has 0 saturated heterocycles. The molecule has 4 heteroatoms. The molecular formula is C20H34O4. The van der Waals surface area contributed by atoms with Crippen molar-refractivity contribution in [3.63, 3.8) is 0 Å². The summed E-state index contributed by atoms with van der Waals surface area (Å²) in [5.74, 6) is 0.658. The molecule has 0 aliphatic heterocycles. The molecule has 1 N–H and O–H groups in total. The highest BCUT2D eigenvalue weighted by Crippen LogP contribution is 2.34. The van der Waals surface area contributed by atoms with Crippen LogP contribution in [0.4, 0.5) is 0 Å². The molecular weight excluding hydrogens is 304 g/mol. The second-order valence-electron chi connectivity index (χ2n) is 7.19. The number of ketones is 1. The Labute approximate surface area is 146 Å². The predicted octanol–water partition coefficient (Wildman–Crippen LogP) is 4.06. The Bertz CT molecular complexity index is 416. The number of ether oxygens (including phenoxy) is 1. The van der Waals surface area contributed by atoms with Crippen molar-refractivity contribution in [3.05, 3.63) is 12.2 Å². The maximum Gasteiger partial charge on any atom is 0.305 e. The van der Waals surface area contributed by atoms with Crippen molar-refractivity contribution in [1.82, 2.24) is 0 Å². The van der Waals surface area contributed by atoms with Crippen molar-refractivity contribution in [2.45, 2.75) is 77.7 Å². The van der Waals surface area contributed by atoms with Crippen LogP contribution in [0.5, 0.6) is 0 Å². The SMILES string of the molecule is CCCCCC(O)C=C[C@H]1CCC(=O)[C@H]1CCC(C)CC(=O)OC. The van der Waals surface area contributed by atoms with Crippen LogP contribution >= 0.6 is 0 Å². The van der Waals surface area contributed by atoms with E-state index < -0.39 is 6.10 Å². The van der Waals surface area contributed by atoms with Gasteiger partial charge in [0.25, 0.3) is 0 Å². The number of esters is 1. The van der Waals surface area contributed by atoms with E-state index in [-0.39, 0.29) is 23.7 Å². The standard InChI is InChI=1S/C20H34O4/c1-4-5-6-7-17(21)11-9-16-10-13-19(22)18(16)12-8-15(2)14-20(23)24-3/h9,11,15-18,21H,4-8,10,12-14H2,1-3H3/t15?,16-,17?,18-/m0/s1. The van der Waals surface area contributed by atoms with E-state index in [0.717, 1.165) is 44.9 Å². The lowest BCUT2D eigenvalue weighted by Gasteiger charge is -2.18. The topological polar surface area (TPSA) is 63.6 Å². The minimum atomic E-state index is -0.397. The summed E-state index contributed by atoms with van der Waals surface area (Å²) in [5, 5.41) is 10.0. The van der Waals surface area contributed by atoms with E-state index >= 15 is 0 Å². The second-order valence-corrected chi connectivity index (χ2v) is 7.19. The lowest BCUT2D eigenvalue weighted by molar-refractivity contribution is -0.141. The van der Waals surface area contributed by atoms with E-state index in [2.05, 4.69) is 13.0 Å². The number of allylic oxidation sites excluding steroid dienone is 1. The van der Waals surface area contributed by atoms with E-state index in [1.165, 1.54) is 7.11 Å². The van der Waals surface area contributed by atoms with Gasteiger partial charge in [0.2, 0.25) is 0 Å². The fourth-order valence-corrected chi connectivity index (χ4v) is 3.44. The second kappa shape index (κ2) is 11.4. The number of carbonyl (C=O) groups excluding carboxylic acids is 2. The maximum absolute atomic E-state index is 12.1.